The summed E-state index contributed by atoms with van der Waals surface area (Å²) < 4.78 is 0. The predicted molar refractivity (Wildman–Crippen MR) is 114 cm³/mol. The number of rotatable bonds is 5. The lowest BCUT2D eigenvalue weighted by molar-refractivity contribution is -0.148. The van der Waals surface area contributed by atoms with Crippen molar-refractivity contribution in [3.63, 3.8) is 0 Å². The molecular weight excluding hydrogens is 380 g/mol. The second kappa shape index (κ2) is 9.16. The Morgan fingerprint density at radius 1 is 1.07 bits per heavy atom. The highest BCUT2D eigenvalue weighted by Crippen LogP contribution is 2.31. The van der Waals surface area contributed by atoms with E-state index in [4.69, 9.17) is 0 Å². The van der Waals surface area contributed by atoms with E-state index in [0.717, 1.165) is 45.3 Å². The molecule has 2 heterocycles. The van der Waals surface area contributed by atoms with Gasteiger partial charge in [0.2, 0.25) is 11.8 Å². The molecule has 3 fully saturated rings. The number of fused-ring (bicyclic) bond motifs is 1. The molecule has 1 aliphatic carbocycles. The first-order valence-electron chi connectivity index (χ1n) is 11.3. The molecule has 4 amide bonds. The topological polar surface area (TPSA) is 73.0 Å². The largest absolute Gasteiger partial charge is 0.338 e. The van der Waals surface area contributed by atoms with E-state index in [1.165, 1.54) is 10.5 Å². The number of imide groups is 1. The number of hydrogen-bond donors (Lipinski definition) is 1. The maximum atomic E-state index is 13.3. The molecule has 1 aromatic rings. The number of nitrogens with zero attached hydrogens (tertiary/aromatic N) is 3. The van der Waals surface area contributed by atoms with Crippen molar-refractivity contribution in [1.29, 1.82) is 0 Å². The summed E-state index contributed by atoms with van der Waals surface area (Å²) in [6, 6.07) is 9.15. The lowest BCUT2D eigenvalue weighted by atomic mass is 9.82. The second-order valence-electron chi connectivity index (χ2n) is 8.67. The van der Waals surface area contributed by atoms with Crippen molar-refractivity contribution >= 4 is 17.8 Å². The van der Waals surface area contributed by atoms with Gasteiger partial charge in [0.05, 0.1) is 5.92 Å². The standard InChI is InChI=1S/C23H32N4O3/c1-2-20(27-21(28)18-10-6-7-11-19(18)24-23(27)30)22(29)26-14-12-25(13-15-26)16-17-8-4-3-5-9-17/h3-5,8-9,18-20H,2,6-7,10-16H2,1H3,(H,24,30). The van der Waals surface area contributed by atoms with Gasteiger partial charge >= 0.3 is 6.03 Å². The van der Waals surface area contributed by atoms with Crippen LogP contribution in [-0.2, 0) is 16.1 Å². The predicted octanol–water partition coefficient (Wildman–Crippen LogP) is 2.22. The van der Waals surface area contributed by atoms with Crippen LogP contribution >= 0.6 is 0 Å². The molecule has 30 heavy (non-hydrogen) atoms. The summed E-state index contributed by atoms with van der Waals surface area (Å²) in [4.78, 5) is 44.5. The SMILES string of the molecule is CCC(C(=O)N1CCN(Cc2ccccc2)CC1)N1C(=O)NC2CCCCC2C1=O. The first-order valence-corrected chi connectivity index (χ1v) is 11.3. The van der Waals surface area contributed by atoms with Crippen LogP contribution in [0, 0.1) is 5.92 Å². The molecule has 162 valence electrons. The van der Waals surface area contributed by atoms with Gasteiger partial charge < -0.3 is 10.2 Å². The fourth-order valence-electron chi connectivity index (χ4n) is 5.05. The second-order valence-corrected chi connectivity index (χ2v) is 8.67. The van der Waals surface area contributed by atoms with Crippen molar-refractivity contribution in [3.8, 4) is 0 Å². The highest BCUT2D eigenvalue weighted by molar-refractivity contribution is 6.03. The Bertz CT molecular complexity index is 776. The van der Waals surface area contributed by atoms with Gasteiger partial charge in [0, 0.05) is 38.8 Å². The molecule has 0 aromatic heterocycles. The molecule has 2 aliphatic heterocycles. The van der Waals surface area contributed by atoms with Gasteiger partial charge in [-0.25, -0.2) is 4.79 Å². The highest BCUT2D eigenvalue weighted by Gasteiger charge is 2.46. The van der Waals surface area contributed by atoms with E-state index < -0.39 is 12.1 Å². The van der Waals surface area contributed by atoms with E-state index in [1.54, 1.807) is 0 Å². The number of urea groups is 1. The summed E-state index contributed by atoms with van der Waals surface area (Å²) in [5.74, 6) is -0.443. The summed E-state index contributed by atoms with van der Waals surface area (Å²) in [6.45, 7) is 5.58. The van der Waals surface area contributed by atoms with E-state index in [1.807, 2.05) is 30.0 Å². The lowest BCUT2D eigenvalue weighted by Crippen LogP contribution is -2.66. The van der Waals surface area contributed by atoms with Crippen molar-refractivity contribution in [2.24, 2.45) is 5.92 Å². The Balaban J connectivity index is 1.38. The van der Waals surface area contributed by atoms with Crippen LogP contribution in [0.4, 0.5) is 4.79 Å². The van der Waals surface area contributed by atoms with Crippen LogP contribution in [0.2, 0.25) is 0 Å². The van der Waals surface area contributed by atoms with Crippen LogP contribution in [0.5, 0.6) is 0 Å². The van der Waals surface area contributed by atoms with Crippen LogP contribution in [-0.4, -0.2) is 70.8 Å². The number of benzene rings is 1. The van der Waals surface area contributed by atoms with Gasteiger partial charge in [-0.3, -0.25) is 19.4 Å². The van der Waals surface area contributed by atoms with E-state index in [2.05, 4.69) is 22.3 Å². The fourth-order valence-corrected chi connectivity index (χ4v) is 5.05. The monoisotopic (exact) mass is 412 g/mol. The summed E-state index contributed by atoms with van der Waals surface area (Å²) >= 11 is 0. The molecule has 3 atom stereocenters. The maximum absolute atomic E-state index is 13.3. The Morgan fingerprint density at radius 3 is 2.47 bits per heavy atom. The highest BCUT2D eigenvalue weighted by atomic mass is 16.2. The number of piperazine rings is 1. The van der Waals surface area contributed by atoms with E-state index in [-0.39, 0.29) is 23.8 Å². The molecule has 1 saturated carbocycles. The Labute approximate surface area is 178 Å². The van der Waals surface area contributed by atoms with Crippen molar-refractivity contribution < 1.29 is 14.4 Å². The molecule has 7 nitrogen and oxygen atoms in total. The third-order valence-corrected chi connectivity index (χ3v) is 6.76. The molecule has 0 radical (unpaired) electrons. The molecule has 4 rings (SSSR count). The third kappa shape index (κ3) is 4.21. The summed E-state index contributed by atoms with van der Waals surface area (Å²) in [5.41, 5.74) is 1.27. The van der Waals surface area contributed by atoms with Crippen molar-refractivity contribution in [2.75, 3.05) is 26.2 Å². The number of hydrogen-bond acceptors (Lipinski definition) is 4. The smallest absolute Gasteiger partial charge is 0.325 e. The zero-order chi connectivity index (χ0) is 21.1. The van der Waals surface area contributed by atoms with Gasteiger partial charge in [-0.05, 0) is 24.8 Å². The lowest BCUT2D eigenvalue weighted by Gasteiger charge is -2.44. The number of nitrogens with one attached hydrogen (secondary N) is 1. The van der Waals surface area contributed by atoms with Gasteiger partial charge in [-0.2, -0.15) is 0 Å². The molecule has 1 N–H and O–H groups in total. The van der Waals surface area contributed by atoms with Crippen molar-refractivity contribution in [3.05, 3.63) is 35.9 Å². The molecule has 3 aliphatic rings. The van der Waals surface area contributed by atoms with Crippen LogP contribution in [0.25, 0.3) is 0 Å². The first kappa shape index (κ1) is 20.8. The van der Waals surface area contributed by atoms with Gasteiger partial charge in [0.1, 0.15) is 6.04 Å². The number of carbonyl (C=O) groups excluding carboxylic acids is 3. The van der Waals surface area contributed by atoms with Gasteiger partial charge in [0.25, 0.3) is 0 Å². The van der Waals surface area contributed by atoms with Gasteiger partial charge in [-0.15, -0.1) is 0 Å². The Kier molecular flexibility index (Phi) is 6.37. The maximum Gasteiger partial charge on any atom is 0.325 e. The molecule has 1 aromatic carbocycles. The van der Waals surface area contributed by atoms with Crippen molar-refractivity contribution in [2.45, 2.75) is 57.7 Å². The minimum Gasteiger partial charge on any atom is -0.338 e. The van der Waals surface area contributed by atoms with Gasteiger partial charge in [0.15, 0.2) is 0 Å². The third-order valence-electron chi connectivity index (χ3n) is 6.76. The first-order chi connectivity index (χ1) is 14.6. The number of amides is 4. The minimum atomic E-state index is -0.707. The Morgan fingerprint density at radius 2 is 1.77 bits per heavy atom. The summed E-state index contributed by atoms with van der Waals surface area (Å²) in [6.07, 6.45) is 4.13. The van der Waals surface area contributed by atoms with Crippen molar-refractivity contribution in [1.82, 2.24) is 20.0 Å². The van der Waals surface area contributed by atoms with Crippen LogP contribution in [0.15, 0.2) is 30.3 Å². The van der Waals surface area contributed by atoms with E-state index in [0.29, 0.717) is 19.5 Å². The normalized spacial score (nSPS) is 26.2. The van der Waals surface area contributed by atoms with Crippen LogP contribution < -0.4 is 5.32 Å². The van der Waals surface area contributed by atoms with Crippen LogP contribution in [0.3, 0.4) is 0 Å². The molecular formula is C23H32N4O3. The fraction of sp³-hybridized carbons (Fsp3) is 0.609. The quantitative estimate of drug-likeness (QED) is 0.805. The van der Waals surface area contributed by atoms with E-state index >= 15 is 0 Å². The zero-order valence-corrected chi connectivity index (χ0v) is 17.8. The summed E-state index contributed by atoms with van der Waals surface area (Å²) in [7, 11) is 0. The van der Waals surface area contributed by atoms with Gasteiger partial charge in [-0.1, -0.05) is 50.1 Å². The number of carbonyl (C=O) groups is 3. The average Bonchev–Trinajstić information content (AvgIpc) is 2.77. The molecule has 2 saturated heterocycles. The van der Waals surface area contributed by atoms with Crippen LogP contribution in [0.1, 0.15) is 44.6 Å². The summed E-state index contributed by atoms with van der Waals surface area (Å²) in [5, 5.41) is 2.99. The molecule has 0 bridgehead atoms. The Hall–Kier alpha value is -2.41. The zero-order valence-electron chi connectivity index (χ0n) is 17.8. The molecule has 7 heteroatoms. The van der Waals surface area contributed by atoms with E-state index in [9.17, 15) is 14.4 Å². The molecule has 0 spiro atoms. The molecule has 3 unspecified atom stereocenters. The minimum absolute atomic E-state index is 0.0656. The average molecular weight is 413 g/mol.